The molecule has 1 aliphatic heterocycles. The van der Waals surface area contributed by atoms with E-state index >= 15 is 0 Å². The molecule has 6 rings (SSSR count). The lowest BCUT2D eigenvalue weighted by atomic mass is 10.0. The second-order valence-electron chi connectivity index (χ2n) is 7.98. The lowest BCUT2D eigenvalue weighted by molar-refractivity contribution is 0.743. The fourth-order valence-electron chi connectivity index (χ4n) is 4.03. The first-order chi connectivity index (χ1) is 14.4. The van der Waals surface area contributed by atoms with Crippen LogP contribution in [0.4, 0.5) is 5.82 Å². The molecule has 0 saturated heterocycles. The zero-order chi connectivity index (χ0) is 19.2. The highest BCUT2D eigenvalue weighted by molar-refractivity contribution is 5.82. The predicted molar refractivity (Wildman–Crippen MR) is 112 cm³/mol. The second kappa shape index (κ2) is 6.65. The summed E-state index contributed by atoms with van der Waals surface area (Å²) in [5.41, 5.74) is 4.46. The van der Waals surface area contributed by atoms with Crippen LogP contribution in [0.1, 0.15) is 48.9 Å². The summed E-state index contributed by atoms with van der Waals surface area (Å²) in [6.45, 7) is 0.788. The minimum Gasteiger partial charge on any atom is -0.322 e. The van der Waals surface area contributed by atoms with Crippen LogP contribution in [0.3, 0.4) is 0 Å². The number of hydrogen-bond donors (Lipinski definition) is 0. The average molecular weight is 382 g/mol. The third-order valence-electron chi connectivity index (χ3n) is 5.80. The van der Waals surface area contributed by atoms with Gasteiger partial charge in [0.15, 0.2) is 5.82 Å². The van der Waals surface area contributed by atoms with Crippen molar-refractivity contribution in [2.24, 2.45) is 0 Å². The SMILES string of the molecule is C1=CCN(c2cccc(-c3nncn3C3CC3)n2)C(c2cccnc2C2CC2)=C1. The van der Waals surface area contributed by atoms with Crippen molar-refractivity contribution < 1.29 is 0 Å². The van der Waals surface area contributed by atoms with Crippen molar-refractivity contribution >= 4 is 11.5 Å². The first kappa shape index (κ1) is 16.7. The maximum absolute atomic E-state index is 4.98. The topological polar surface area (TPSA) is 59.7 Å². The normalized spacial score (nSPS) is 18.8. The summed E-state index contributed by atoms with van der Waals surface area (Å²) in [5.74, 6) is 2.37. The van der Waals surface area contributed by atoms with Crippen molar-refractivity contribution in [3.05, 3.63) is 72.3 Å². The predicted octanol–water partition coefficient (Wildman–Crippen LogP) is 4.36. The monoisotopic (exact) mass is 382 g/mol. The van der Waals surface area contributed by atoms with Gasteiger partial charge in [-0.2, -0.15) is 0 Å². The highest BCUT2D eigenvalue weighted by Gasteiger charge is 2.30. The summed E-state index contributed by atoms with van der Waals surface area (Å²) in [7, 11) is 0. The van der Waals surface area contributed by atoms with Crippen LogP contribution in [0.2, 0.25) is 0 Å². The van der Waals surface area contributed by atoms with E-state index in [1.54, 1.807) is 0 Å². The lowest BCUT2D eigenvalue weighted by Gasteiger charge is -2.28. The molecule has 0 radical (unpaired) electrons. The van der Waals surface area contributed by atoms with Crippen LogP contribution in [-0.2, 0) is 0 Å². The van der Waals surface area contributed by atoms with E-state index in [-0.39, 0.29) is 0 Å². The number of aromatic nitrogens is 5. The molecule has 0 unspecified atom stereocenters. The Kier molecular flexibility index (Phi) is 3.82. The third kappa shape index (κ3) is 3.05. The summed E-state index contributed by atoms with van der Waals surface area (Å²) < 4.78 is 2.16. The maximum atomic E-state index is 4.98. The number of allylic oxidation sites excluding steroid dienone is 2. The average Bonchev–Trinajstić information content (AvgIpc) is 3.72. The summed E-state index contributed by atoms with van der Waals surface area (Å²) >= 11 is 0. The van der Waals surface area contributed by atoms with Crippen molar-refractivity contribution in [3.63, 3.8) is 0 Å². The van der Waals surface area contributed by atoms with Crippen LogP contribution < -0.4 is 4.90 Å². The number of anilines is 1. The number of hydrogen-bond acceptors (Lipinski definition) is 5. The molecule has 0 spiro atoms. The van der Waals surface area contributed by atoms with Crippen LogP contribution in [0.5, 0.6) is 0 Å². The summed E-state index contributed by atoms with van der Waals surface area (Å²) in [6, 6.07) is 10.9. The van der Waals surface area contributed by atoms with Crippen LogP contribution in [0.25, 0.3) is 17.2 Å². The molecule has 3 aromatic heterocycles. The Morgan fingerprint density at radius 3 is 2.79 bits per heavy atom. The van der Waals surface area contributed by atoms with E-state index in [2.05, 4.69) is 56.1 Å². The minimum atomic E-state index is 0.523. The molecular weight excluding hydrogens is 360 g/mol. The van der Waals surface area contributed by atoms with Crippen molar-refractivity contribution in [1.29, 1.82) is 0 Å². The molecule has 0 atom stereocenters. The molecular formula is C23H22N6. The van der Waals surface area contributed by atoms with E-state index in [9.17, 15) is 0 Å². The van der Waals surface area contributed by atoms with Gasteiger partial charge in [-0.05, 0) is 56.0 Å². The summed E-state index contributed by atoms with van der Waals surface area (Å²) in [6.07, 6.45) is 15.1. The Labute approximate surface area is 169 Å². The Morgan fingerprint density at radius 1 is 1.00 bits per heavy atom. The Morgan fingerprint density at radius 2 is 1.93 bits per heavy atom. The highest BCUT2D eigenvalue weighted by atomic mass is 15.3. The zero-order valence-corrected chi connectivity index (χ0v) is 16.1. The molecule has 6 nitrogen and oxygen atoms in total. The van der Waals surface area contributed by atoms with Crippen molar-refractivity contribution in [3.8, 4) is 11.5 Å². The number of pyridine rings is 2. The van der Waals surface area contributed by atoms with E-state index in [1.165, 1.54) is 36.9 Å². The van der Waals surface area contributed by atoms with E-state index in [0.29, 0.717) is 12.0 Å². The van der Waals surface area contributed by atoms with Gasteiger partial charge < -0.3 is 9.47 Å². The van der Waals surface area contributed by atoms with Crippen LogP contribution in [0, 0.1) is 0 Å². The summed E-state index contributed by atoms with van der Waals surface area (Å²) in [5, 5.41) is 8.48. The van der Waals surface area contributed by atoms with Gasteiger partial charge in [-0.1, -0.05) is 18.2 Å². The highest BCUT2D eigenvalue weighted by Crippen LogP contribution is 2.43. The molecule has 3 aliphatic rings. The Bertz CT molecular complexity index is 1120. The lowest BCUT2D eigenvalue weighted by Crippen LogP contribution is -2.25. The molecule has 3 aromatic rings. The number of rotatable bonds is 5. The molecule has 4 heterocycles. The minimum absolute atomic E-state index is 0.523. The standard InChI is InChI=1S/C23H22N6/c1-2-14-28(20(7-1)18-5-4-13-24-22(18)16-9-10-16)21-8-3-6-19(26-21)23-27-25-15-29(23)17-11-12-17/h1-8,13,15-17H,9-12,14H2. The van der Waals surface area contributed by atoms with Crippen LogP contribution in [-0.4, -0.2) is 31.3 Å². The largest absolute Gasteiger partial charge is 0.322 e. The molecule has 29 heavy (non-hydrogen) atoms. The molecule has 2 fully saturated rings. The first-order valence-electron chi connectivity index (χ1n) is 10.3. The second-order valence-corrected chi connectivity index (χ2v) is 7.98. The quantitative estimate of drug-likeness (QED) is 0.656. The van der Waals surface area contributed by atoms with Crippen LogP contribution >= 0.6 is 0 Å². The van der Waals surface area contributed by atoms with E-state index < -0.39 is 0 Å². The fraction of sp³-hybridized carbons (Fsp3) is 0.304. The van der Waals surface area contributed by atoms with Gasteiger partial charge in [-0.3, -0.25) is 4.98 Å². The van der Waals surface area contributed by atoms with E-state index in [4.69, 9.17) is 9.97 Å². The van der Waals surface area contributed by atoms with Gasteiger partial charge in [-0.25, -0.2) is 4.98 Å². The molecule has 0 N–H and O–H groups in total. The van der Waals surface area contributed by atoms with Gasteiger partial charge in [-0.15, -0.1) is 10.2 Å². The molecule has 2 saturated carbocycles. The van der Waals surface area contributed by atoms with Gasteiger partial charge >= 0.3 is 0 Å². The van der Waals surface area contributed by atoms with Crippen molar-refractivity contribution in [2.75, 3.05) is 11.4 Å². The molecule has 0 aromatic carbocycles. The fourth-order valence-corrected chi connectivity index (χ4v) is 4.03. The maximum Gasteiger partial charge on any atom is 0.182 e. The molecule has 6 heteroatoms. The zero-order valence-electron chi connectivity index (χ0n) is 16.1. The van der Waals surface area contributed by atoms with E-state index in [1.807, 2.05) is 24.7 Å². The van der Waals surface area contributed by atoms with Crippen LogP contribution in [0.15, 0.2) is 61.1 Å². The molecule has 0 bridgehead atoms. The van der Waals surface area contributed by atoms with Gasteiger partial charge in [0, 0.05) is 30.3 Å². The Hall–Kier alpha value is -3.28. The van der Waals surface area contributed by atoms with Gasteiger partial charge in [0.05, 0.1) is 11.4 Å². The summed E-state index contributed by atoms with van der Waals surface area (Å²) in [4.78, 5) is 12.0. The third-order valence-corrected chi connectivity index (χ3v) is 5.80. The molecule has 0 amide bonds. The Balaban J connectivity index is 1.39. The van der Waals surface area contributed by atoms with Crippen molar-refractivity contribution in [1.82, 2.24) is 24.7 Å². The smallest absolute Gasteiger partial charge is 0.182 e. The van der Waals surface area contributed by atoms with Gasteiger partial charge in [0.25, 0.3) is 0 Å². The molecule has 144 valence electrons. The van der Waals surface area contributed by atoms with Gasteiger partial charge in [0.2, 0.25) is 0 Å². The molecule has 2 aliphatic carbocycles. The first-order valence-corrected chi connectivity index (χ1v) is 10.3. The van der Waals surface area contributed by atoms with Gasteiger partial charge in [0.1, 0.15) is 17.8 Å². The van der Waals surface area contributed by atoms with Crippen molar-refractivity contribution in [2.45, 2.75) is 37.6 Å². The van der Waals surface area contributed by atoms with E-state index in [0.717, 1.165) is 29.6 Å². The number of nitrogens with zero attached hydrogens (tertiary/aromatic N) is 6.